The summed E-state index contributed by atoms with van der Waals surface area (Å²) in [7, 11) is 1.78. The maximum absolute atomic E-state index is 10.3. The molecule has 7 nitrogen and oxygen atoms in total. The van der Waals surface area contributed by atoms with Crippen molar-refractivity contribution in [3.8, 4) is 0 Å². The van der Waals surface area contributed by atoms with Crippen LogP contribution in [-0.2, 0) is 14.2 Å². The van der Waals surface area contributed by atoms with Gasteiger partial charge < -0.3 is 34.6 Å². The van der Waals surface area contributed by atoms with E-state index in [2.05, 4.69) is 153 Å². The van der Waals surface area contributed by atoms with Gasteiger partial charge in [-0.3, -0.25) is 0 Å². The first-order chi connectivity index (χ1) is 25.4. The lowest BCUT2D eigenvalue weighted by molar-refractivity contribution is -0.323. The zero-order valence-corrected chi connectivity index (χ0v) is 35.1. The molecular formula is C47H72O7. The second kappa shape index (κ2) is 25.8. The van der Waals surface area contributed by atoms with Crippen molar-refractivity contribution in [1.29, 1.82) is 0 Å². The molecule has 302 valence electrons. The Kier molecular flexibility index (Phi) is 23.4. The fourth-order valence-corrected chi connectivity index (χ4v) is 5.46. The van der Waals surface area contributed by atoms with E-state index in [0.29, 0.717) is 6.42 Å². The Bertz CT molecular complexity index is 1460. The number of methoxy groups -OCH3 is 1. The van der Waals surface area contributed by atoms with E-state index in [4.69, 9.17) is 14.2 Å². The van der Waals surface area contributed by atoms with E-state index in [-0.39, 0.29) is 5.60 Å². The van der Waals surface area contributed by atoms with Crippen LogP contribution in [0.15, 0.2) is 131 Å². The summed E-state index contributed by atoms with van der Waals surface area (Å²) in [5.74, 6) is 0. The number of hydrogen-bond acceptors (Lipinski definition) is 7. The third kappa shape index (κ3) is 21.7. The highest BCUT2D eigenvalue weighted by Gasteiger charge is 2.45. The van der Waals surface area contributed by atoms with Crippen molar-refractivity contribution in [1.82, 2.24) is 0 Å². The Morgan fingerprint density at radius 2 is 0.944 bits per heavy atom. The maximum Gasteiger partial charge on any atom is 0.187 e. The van der Waals surface area contributed by atoms with Crippen LogP contribution in [0.1, 0.15) is 108 Å². The largest absolute Gasteiger partial charge is 0.394 e. The third-order valence-electron chi connectivity index (χ3n) is 9.28. The summed E-state index contributed by atoms with van der Waals surface area (Å²) in [6, 6.07) is 0. The van der Waals surface area contributed by atoms with Gasteiger partial charge in [0.05, 0.1) is 17.8 Å². The molecule has 1 aliphatic rings. The van der Waals surface area contributed by atoms with Crippen molar-refractivity contribution in [3.05, 3.63) is 131 Å². The molecule has 0 spiro atoms. The molecule has 0 unspecified atom stereocenters. The van der Waals surface area contributed by atoms with Gasteiger partial charge in [-0.05, 0) is 108 Å². The van der Waals surface area contributed by atoms with E-state index in [1.807, 2.05) is 13.8 Å². The average molecular weight is 749 g/mol. The van der Waals surface area contributed by atoms with E-state index < -0.39 is 42.9 Å². The minimum absolute atomic E-state index is 0.0523. The van der Waals surface area contributed by atoms with Gasteiger partial charge in [-0.2, -0.15) is 0 Å². The van der Waals surface area contributed by atoms with Gasteiger partial charge in [-0.25, -0.2) is 0 Å². The molecule has 1 heterocycles. The summed E-state index contributed by atoms with van der Waals surface area (Å²) in [5.41, 5.74) is 6.60. The van der Waals surface area contributed by atoms with E-state index in [1.165, 1.54) is 22.3 Å². The standard InChI is InChI=1S/C47H72O7/c1-35(22-14-24-37(3)26-16-28-39(5)30-18-32-46(7,8)52-11)20-12-13-21-36(2)23-15-25-38(4)27-17-29-40(6)31-19-33-47(9,10)54-45-44(51)43(50)42(49)41(34-48)53-45/h12-17,20-29,41-45,48-51H,18-19,30-34H2,1-11H3/b13-12+,22-14+,23-15+,26-16+,27-17+,35-20+,36-21+,37-24+,38-25+,39-28+,40-29+/t41-,42-,43+,44-,45+/m1/s1. The lowest BCUT2D eigenvalue weighted by Crippen LogP contribution is -2.60. The van der Waals surface area contributed by atoms with Gasteiger partial charge >= 0.3 is 0 Å². The minimum atomic E-state index is -1.45. The molecule has 7 heteroatoms. The first-order valence-corrected chi connectivity index (χ1v) is 19.3. The van der Waals surface area contributed by atoms with Crippen LogP contribution in [0, 0.1) is 0 Å². The quantitative estimate of drug-likeness (QED) is 0.0817. The number of aliphatic hydroxyl groups is 4. The predicted octanol–water partition coefficient (Wildman–Crippen LogP) is 9.81. The molecule has 0 aliphatic carbocycles. The van der Waals surface area contributed by atoms with E-state index >= 15 is 0 Å². The van der Waals surface area contributed by atoms with Crippen LogP contribution in [0.2, 0.25) is 0 Å². The SMILES string of the molecule is COC(C)(C)CCC/C(C)=C/C=C/C(C)=C/C=C/C(C)=C/C=C/C=C(C)/C=C/C=C(C)/C=C/C=C(\C)CCCC(C)(C)O[C@@H]1O[C@H](CO)[C@@H](O)[C@H](O)[C@H]1O. The van der Waals surface area contributed by atoms with Gasteiger partial charge in [0.1, 0.15) is 24.4 Å². The molecule has 1 aliphatic heterocycles. The summed E-state index contributed by atoms with van der Waals surface area (Å²) in [4.78, 5) is 0. The monoisotopic (exact) mass is 749 g/mol. The maximum atomic E-state index is 10.3. The second-order valence-corrected chi connectivity index (χ2v) is 15.7. The molecule has 0 aromatic rings. The van der Waals surface area contributed by atoms with Gasteiger partial charge in [0.25, 0.3) is 0 Å². The Hall–Kier alpha value is -3.14. The average Bonchev–Trinajstić information content (AvgIpc) is 3.10. The van der Waals surface area contributed by atoms with E-state index in [1.54, 1.807) is 7.11 Å². The van der Waals surface area contributed by atoms with E-state index in [9.17, 15) is 20.4 Å². The summed E-state index contributed by atoms with van der Waals surface area (Å²) in [5, 5.41) is 39.7. The van der Waals surface area contributed by atoms with Crippen molar-refractivity contribution in [3.63, 3.8) is 0 Å². The fourth-order valence-electron chi connectivity index (χ4n) is 5.46. The minimum Gasteiger partial charge on any atom is -0.394 e. The van der Waals surface area contributed by atoms with Gasteiger partial charge in [-0.15, -0.1) is 0 Å². The highest BCUT2D eigenvalue weighted by atomic mass is 16.7. The summed E-state index contributed by atoms with van der Waals surface area (Å²) in [6.45, 7) is 20.2. The van der Waals surface area contributed by atoms with Crippen molar-refractivity contribution in [2.45, 2.75) is 150 Å². The van der Waals surface area contributed by atoms with Crippen LogP contribution in [0.5, 0.6) is 0 Å². The van der Waals surface area contributed by atoms with Gasteiger partial charge in [0.2, 0.25) is 0 Å². The molecule has 0 bridgehead atoms. The van der Waals surface area contributed by atoms with Crippen LogP contribution in [0.3, 0.4) is 0 Å². The summed E-state index contributed by atoms with van der Waals surface area (Å²) >= 11 is 0. The van der Waals surface area contributed by atoms with Crippen LogP contribution < -0.4 is 0 Å². The number of allylic oxidation sites excluding steroid dienone is 22. The molecule has 4 N–H and O–H groups in total. The Morgan fingerprint density at radius 1 is 0.556 bits per heavy atom. The number of hydrogen-bond donors (Lipinski definition) is 4. The zero-order valence-electron chi connectivity index (χ0n) is 35.1. The molecule has 0 saturated carbocycles. The molecule has 1 fully saturated rings. The molecule has 1 saturated heterocycles. The number of ether oxygens (including phenoxy) is 3. The van der Waals surface area contributed by atoms with Gasteiger partial charge in [0, 0.05) is 7.11 Å². The molecular weight excluding hydrogens is 677 g/mol. The molecule has 0 aromatic heterocycles. The molecule has 0 aromatic carbocycles. The van der Waals surface area contributed by atoms with Crippen molar-refractivity contribution >= 4 is 0 Å². The van der Waals surface area contributed by atoms with Crippen molar-refractivity contribution < 1.29 is 34.6 Å². The Morgan fingerprint density at radius 3 is 1.35 bits per heavy atom. The lowest BCUT2D eigenvalue weighted by Gasteiger charge is -2.42. The van der Waals surface area contributed by atoms with Crippen LogP contribution in [0.4, 0.5) is 0 Å². The highest BCUT2D eigenvalue weighted by molar-refractivity contribution is 5.32. The van der Waals surface area contributed by atoms with Crippen molar-refractivity contribution in [2.75, 3.05) is 13.7 Å². The van der Waals surface area contributed by atoms with Crippen LogP contribution in [-0.4, -0.2) is 76.1 Å². The first kappa shape index (κ1) is 48.9. The summed E-state index contributed by atoms with van der Waals surface area (Å²) < 4.78 is 17.0. The second-order valence-electron chi connectivity index (χ2n) is 15.7. The number of rotatable bonds is 22. The summed E-state index contributed by atoms with van der Waals surface area (Å²) in [6.07, 6.45) is 32.9. The Labute approximate surface area is 327 Å². The van der Waals surface area contributed by atoms with Crippen LogP contribution >= 0.6 is 0 Å². The zero-order chi connectivity index (χ0) is 40.7. The predicted molar refractivity (Wildman–Crippen MR) is 226 cm³/mol. The molecule has 54 heavy (non-hydrogen) atoms. The molecule has 1 rings (SSSR count). The molecule has 5 atom stereocenters. The smallest absolute Gasteiger partial charge is 0.187 e. The molecule has 0 radical (unpaired) electrons. The van der Waals surface area contributed by atoms with E-state index in [0.717, 1.165) is 43.3 Å². The third-order valence-corrected chi connectivity index (χ3v) is 9.28. The van der Waals surface area contributed by atoms with Crippen molar-refractivity contribution in [2.24, 2.45) is 0 Å². The topological polar surface area (TPSA) is 109 Å². The van der Waals surface area contributed by atoms with Crippen LogP contribution in [0.25, 0.3) is 0 Å². The van der Waals surface area contributed by atoms with Gasteiger partial charge in [-0.1, -0.05) is 131 Å². The fraction of sp³-hybridized carbons (Fsp3) is 0.532. The highest BCUT2D eigenvalue weighted by Crippen LogP contribution is 2.28. The number of aliphatic hydroxyl groups excluding tert-OH is 4. The lowest BCUT2D eigenvalue weighted by atomic mass is 9.96. The Balaban J connectivity index is 2.50. The first-order valence-electron chi connectivity index (χ1n) is 19.3. The van der Waals surface area contributed by atoms with Gasteiger partial charge in [0.15, 0.2) is 6.29 Å². The normalized spacial score (nSPS) is 23.8. The molecule has 0 amide bonds.